The fourth-order valence-electron chi connectivity index (χ4n) is 2.83. The SMILES string of the molecule is Cc1ccc(F)cc1-c1noc(CC2(N)CCCC2)n1. The average Bonchev–Trinajstić information content (AvgIpc) is 3.02. The topological polar surface area (TPSA) is 64.9 Å². The summed E-state index contributed by atoms with van der Waals surface area (Å²) in [4.78, 5) is 4.37. The molecule has 20 heavy (non-hydrogen) atoms. The molecule has 0 atom stereocenters. The molecule has 5 heteroatoms. The highest BCUT2D eigenvalue weighted by atomic mass is 19.1. The molecule has 0 bridgehead atoms. The second-order valence-electron chi connectivity index (χ2n) is 5.72. The predicted octanol–water partition coefficient (Wildman–Crippen LogP) is 3.00. The van der Waals surface area contributed by atoms with Crippen LogP contribution in [0.5, 0.6) is 0 Å². The van der Waals surface area contributed by atoms with Crippen molar-refractivity contribution in [3.05, 3.63) is 35.5 Å². The lowest BCUT2D eigenvalue weighted by Gasteiger charge is -2.20. The number of hydrogen-bond acceptors (Lipinski definition) is 4. The zero-order valence-electron chi connectivity index (χ0n) is 11.5. The third-order valence-electron chi connectivity index (χ3n) is 4.01. The van der Waals surface area contributed by atoms with Gasteiger partial charge in [0.25, 0.3) is 0 Å². The molecule has 2 aromatic rings. The van der Waals surface area contributed by atoms with Gasteiger partial charge in [0, 0.05) is 17.5 Å². The molecule has 0 aliphatic heterocycles. The van der Waals surface area contributed by atoms with E-state index in [1.165, 1.54) is 12.1 Å². The fourth-order valence-corrected chi connectivity index (χ4v) is 2.83. The minimum Gasteiger partial charge on any atom is -0.339 e. The first-order valence-corrected chi connectivity index (χ1v) is 6.94. The summed E-state index contributed by atoms with van der Waals surface area (Å²) < 4.78 is 18.6. The molecule has 0 saturated heterocycles. The van der Waals surface area contributed by atoms with Crippen LogP contribution in [0.25, 0.3) is 11.4 Å². The Morgan fingerprint density at radius 2 is 2.10 bits per heavy atom. The first kappa shape index (κ1) is 13.2. The van der Waals surface area contributed by atoms with Crippen LogP contribution in [0.3, 0.4) is 0 Å². The molecule has 3 rings (SSSR count). The largest absolute Gasteiger partial charge is 0.339 e. The van der Waals surface area contributed by atoms with Gasteiger partial charge >= 0.3 is 0 Å². The smallest absolute Gasteiger partial charge is 0.228 e. The van der Waals surface area contributed by atoms with E-state index < -0.39 is 0 Å². The molecule has 1 fully saturated rings. The highest BCUT2D eigenvalue weighted by Gasteiger charge is 2.31. The minimum absolute atomic E-state index is 0.221. The van der Waals surface area contributed by atoms with E-state index in [0.717, 1.165) is 31.2 Å². The highest BCUT2D eigenvalue weighted by Crippen LogP contribution is 2.30. The van der Waals surface area contributed by atoms with Gasteiger partial charge in [0.15, 0.2) is 0 Å². The van der Waals surface area contributed by atoms with Crippen molar-refractivity contribution < 1.29 is 8.91 Å². The lowest BCUT2D eigenvalue weighted by Crippen LogP contribution is -2.38. The van der Waals surface area contributed by atoms with Gasteiger partial charge in [-0.25, -0.2) is 4.39 Å². The molecule has 1 aromatic heterocycles. The molecule has 2 N–H and O–H groups in total. The van der Waals surface area contributed by atoms with Crippen LogP contribution in [-0.2, 0) is 6.42 Å². The number of aryl methyl sites for hydroxylation is 1. The second-order valence-corrected chi connectivity index (χ2v) is 5.72. The molecule has 1 aliphatic carbocycles. The Labute approximate surface area is 117 Å². The highest BCUT2D eigenvalue weighted by molar-refractivity contribution is 5.59. The quantitative estimate of drug-likeness (QED) is 0.935. The van der Waals surface area contributed by atoms with Gasteiger partial charge in [-0.2, -0.15) is 4.98 Å². The van der Waals surface area contributed by atoms with E-state index in [1.54, 1.807) is 6.07 Å². The second kappa shape index (κ2) is 4.98. The third-order valence-corrected chi connectivity index (χ3v) is 4.01. The van der Waals surface area contributed by atoms with E-state index in [1.807, 2.05) is 6.92 Å². The summed E-state index contributed by atoms with van der Waals surface area (Å²) >= 11 is 0. The van der Waals surface area contributed by atoms with Crippen molar-refractivity contribution in [2.45, 2.75) is 44.6 Å². The number of aromatic nitrogens is 2. The van der Waals surface area contributed by atoms with Crippen LogP contribution in [0.2, 0.25) is 0 Å². The summed E-state index contributed by atoms with van der Waals surface area (Å²) in [6, 6.07) is 4.56. The van der Waals surface area contributed by atoms with Crippen LogP contribution in [0.15, 0.2) is 22.7 Å². The predicted molar refractivity (Wildman–Crippen MR) is 73.5 cm³/mol. The molecule has 1 aliphatic rings. The third kappa shape index (κ3) is 2.58. The molecule has 106 valence electrons. The van der Waals surface area contributed by atoms with Gasteiger partial charge in [0.1, 0.15) is 5.82 Å². The number of nitrogens with two attached hydrogens (primary N) is 1. The molecule has 1 heterocycles. The van der Waals surface area contributed by atoms with Crippen LogP contribution in [0.1, 0.15) is 37.1 Å². The number of rotatable bonds is 3. The number of nitrogens with zero attached hydrogens (tertiary/aromatic N) is 2. The maximum Gasteiger partial charge on any atom is 0.228 e. The van der Waals surface area contributed by atoms with E-state index in [-0.39, 0.29) is 11.4 Å². The zero-order chi connectivity index (χ0) is 14.2. The molecule has 4 nitrogen and oxygen atoms in total. The fraction of sp³-hybridized carbons (Fsp3) is 0.467. The summed E-state index contributed by atoms with van der Waals surface area (Å²) in [7, 11) is 0. The molecule has 1 aromatic carbocycles. The van der Waals surface area contributed by atoms with Crippen LogP contribution in [0.4, 0.5) is 4.39 Å². The van der Waals surface area contributed by atoms with Crippen molar-refractivity contribution in [3.8, 4) is 11.4 Å². The molecule has 1 saturated carbocycles. The van der Waals surface area contributed by atoms with E-state index in [2.05, 4.69) is 10.1 Å². The van der Waals surface area contributed by atoms with Crippen LogP contribution >= 0.6 is 0 Å². The van der Waals surface area contributed by atoms with Gasteiger partial charge in [-0.1, -0.05) is 24.1 Å². The van der Waals surface area contributed by atoms with Gasteiger partial charge in [0.2, 0.25) is 11.7 Å². The Bertz CT molecular complexity index is 617. The van der Waals surface area contributed by atoms with Gasteiger partial charge in [0.05, 0.1) is 0 Å². The summed E-state index contributed by atoms with van der Waals surface area (Å²) in [5.41, 5.74) is 7.67. The van der Waals surface area contributed by atoms with Gasteiger partial charge in [-0.3, -0.25) is 0 Å². The van der Waals surface area contributed by atoms with Crippen molar-refractivity contribution in [3.63, 3.8) is 0 Å². The molecule has 0 unspecified atom stereocenters. The molecule has 0 radical (unpaired) electrons. The Kier molecular flexibility index (Phi) is 3.30. The van der Waals surface area contributed by atoms with Gasteiger partial charge in [-0.05, 0) is 37.5 Å². The molecular weight excluding hydrogens is 257 g/mol. The van der Waals surface area contributed by atoms with E-state index in [9.17, 15) is 4.39 Å². The summed E-state index contributed by atoms with van der Waals surface area (Å²) in [5, 5.41) is 3.95. The van der Waals surface area contributed by atoms with E-state index in [0.29, 0.717) is 23.7 Å². The maximum atomic E-state index is 13.3. The summed E-state index contributed by atoms with van der Waals surface area (Å²) in [6.45, 7) is 1.90. The Morgan fingerprint density at radius 1 is 1.35 bits per heavy atom. The average molecular weight is 275 g/mol. The van der Waals surface area contributed by atoms with Gasteiger partial charge < -0.3 is 10.3 Å². The summed E-state index contributed by atoms with van der Waals surface area (Å²) in [6.07, 6.45) is 4.88. The first-order chi connectivity index (χ1) is 9.56. The van der Waals surface area contributed by atoms with Crippen LogP contribution in [0, 0.1) is 12.7 Å². The Hall–Kier alpha value is -1.75. The van der Waals surface area contributed by atoms with Crippen molar-refractivity contribution in [1.29, 1.82) is 0 Å². The zero-order valence-corrected chi connectivity index (χ0v) is 11.5. The Balaban J connectivity index is 1.84. The van der Waals surface area contributed by atoms with Crippen molar-refractivity contribution in [2.75, 3.05) is 0 Å². The van der Waals surface area contributed by atoms with Crippen molar-refractivity contribution >= 4 is 0 Å². The minimum atomic E-state index is -0.303. The lowest BCUT2D eigenvalue weighted by molar-refractivity contribution is 0.329. The number of halogens is 1. The number of benzene rings is 1. The normalized spacial score (nSPS) is 17.6. The van der Waals surface area contributed by atoms with Crippen molar-refractivity contribution in [2.24, 2.45) is 5.73 Å². The van der Waals surface area contributed by atoms with E-state index in [4.69, 9.17) is 10.3 Å². The summed E-state index contributed by atoms with van der Waals surface area (Å²) in [5.74, 6) is 0.662. The first-order valence-electron chi connectivity index (χ1n) is 6.94. The monoisotopic (exact) mass is 275 g/mol. The molecule has 0 spiro atoms. The molecule has 0 amide bonds. The van der Waals surface area contributed by atoms with Crippen LogP contribution < -0.4 is 5.73 Å². The standard InChI is InChI=1S/C15H18FN3O/c1-10-4-5-11(16)8-12(10)14-18-13(20-19-14)9-15(17)6-2-3-7-15/h4-5,8H,2-3,6-7,9,17H2,1H3. The molecular formula is C15H18FN3O. The lowest BCUT2D eigenvalue weighted by atomic mass is 9.95. The Morgan fingerprint density at radius 3 is 2.85 bits per heavy atom. The maximum absolute atomic E-state index is 13.3. The van der Waals surface area contributed by atoms with E-state index >= 15 is 0 Å². The van der Waals surface area contributed by atoms with Crippen molar-refractivity contribution in [1.82, 2.24) is 10.1 Å². The van der Waals surface area contributed by atoms with Crippen LogP contribution in [-0.4, -0.2) is 15.7 Å². The van der Waals surface area contributed by atoms with Gasteiger partial charge in [-0.15, -0.1) is 0 Å². The number of hydrogen-bond donors (Lipinski definition) is 1.